The second-order valence-corrected chi connectivity index (χ2v) is 0.283. The summed E-state index contributed by atoms with van der Waals surface area (Å²) in [6, 6.07) is 0. The normalized spacial score (nSPS) is 4.00. The third-order valence-electron chi connectivity index (χ3n) is 0. The molecule has 2 N–H and O–H groups in total. The van der Waals surface area contributed by atoms with E-state index >= 15 is 0 Å². The van der Waals surface area contributed by atoms with Crippen LogP contribution in [0.25, 0.3) is 0 Å². The van der Waals surface area contributed by atoms with E-state index in [9.17, 15) is 0 Å². The Bertz CT molecular complexity index is 33.8. The van der Waals surface area contributed by atoms with Crippen molar-refractivity contribution in [3.8, 4) is 0 Å². The molecule has 0 heterocycles. The summed E-state index contributed by atoms with van der Waals surface area (Å²) >= 11 is 0. The van der Waals surface area contributed by atoms with Gasteiger partial charge in [0, 0.05) is 17.1 Å². The summed E-state index contributed by atoms with van der Waals surface area (Å²) in [7, 11) is 0. The molecule has 0 rings (SSSR count). The van der Waals surface area contributed by atoms with E-state index < -0.39 is 6.16 Å². The first-order valence-corrected chi connectivity index (χ1v) is 0.651. The van der Waals surface area contributed by atoms with Gasteiger partial charge in [0.05, 0.1) is 0 Å². The van der Waals surface area contributed by atoms with Gasteiger partial charge in [0.25, 0.3) is 0 Å². The van der Waals surface area contributed by atoms with Crippen LogP contribution < -0.4 is 0 Å². The Kier molecular flexibility index (Phi) is 24.7. The summed E-state index contributed by atoms with van der Waals surface area (Å²) in [5.41, 5.74) is 0. The third-order valence-corrected chi connectivity index (χ3v) is 0. The van der Waals surface area contributed by atoms with E-state index in [1.807, 2.05) is 0 Å². The van der Waals surface area contributed by atoms with Crippen LogP contribution in [0.1, 0.15) is 0 Å². The molecule has 0 saturated heterocycles. The topological polar surface area (TPSA) is 57.5 Å². The number of carboxylic acid groups (broad SMARTS) is 2. The molecule has 0 aliphatic heterocycles. The molecular weight excluding hydrogens is 156 g/mol. The molecule has 0 atom stereocenters. The minimum Gasteiger partial charge on any atom is 0 e. The van der Waals surface area contributed by atoms with Crippen LogP contribution in [0, 0.1) is 0 Å². The van der Waals surface area contributed by atoms with Crippen LogP contribution in [0.2, 0.25) is 0 Å². The third kappa shape index (κ3) is 75.2. The van der Waals surface area contributed by atoms with Crippen LogP contribution in [-0.4, -0.2) is 54.1 Å². The molecule has 36 valence electrons. The van der Waals surface area contributed by atoms with Crippen LogP contribution in [0.5, 0.6) is 0 Å². The molecule has 0 spiro atoms. The molecule has 5 heteroatoms. The fourth-order valence-corrected chi connectivity index (χ4v) is 0. The Morgan fingerprint density at radius 1 is 1.33 bits per heavy atom. The zero-order valence-corrected chi connectivity index (χ0v) is 3.26. The predicted octanol–water partition coefficient (Wildman–Crippen LogP) is -0.696. The van der Waals surface area contributed by atoms with E-state index in [0.29, 0.717) is 0 Å². The first kappa shape index (κ1) is 15.7. The molecule has 0 bridgehead atoms. The van der Waals surface area contributed by atoms with Gasteiger partial charge in [0.15, 0.2) is 0 Å². The molecule has 3 nitrogen and oxygen atoms in total. The number of hydrogen-bond acceptors (Lipinski definition) is 1. The fraction of sp³-hybridized carbons (Fsp3) is 0. The second kappa shape index (κ2) is 9.41. The average Bonchev–Trinajstić information content (AvgIpc) is 0.811. The van der Waals surface area contributed by atoms with Crippen molar-refractivity contribution in [2.24, 2.45) is 0 Å². The Balaban J connectivity index is -0.0000000450. The number of carbonyl (C=O) groups is 1. The van der Waals surface area contributed by atoms with Crippen LogP contribution in [0.15, 0.2) is 0 Å². The SMILES string of the molecule is O=C(O)O.[CaH2].[Fe]. The van der Waals surface area contributed by atoms with Gasteiger partial charge in [-0.3, -0.25) is 0 Å². The maximum atomic E-state index is 8.56. The van der Waals surface area contributed by atoms with Crippen molar-refractivity contribution >= 4 is 43.9 Å². The number of rotatable bonds is 0. The van der Waals surface area contributed by atoms with E-state index in [1.165, 1.54) is 0 Å². The standard InChI is InChI=1S/CH2O3.Ca.Fe.2H/c2-1(3)4;;;;/h(H2,2,3,4);;;;. The van der Waals surface area contributed by atoms with Crippen molar-refractivity contribution < 1.29 is 32.1 Å². The molecule has 0 aliphatic rings. The van der Waals surface area contributed by atoms with Crippen molar-refractivity contribution in [3.05, 3.63) is 0 Å². The smallest absolute Gasteiger partial charge is 0 e. The largest absolute Gasteiger partial charge is 0 e. The average molecular weight is 160 g/mol. The van der Waals surface area contributed by atoms with Crippen molar-refractivity contribution in [1.29, 1.82) is 0 Å². The monoisotopic (exact) mass is 160 g/mol. The summed E-state index contributed by atoms with van der Waals surface area (Å²) in [5, 5.41) is 13.9. The van der Waals surface area contributed by atoms with Gasteiger partial charge >= 0.3 is 43.9 Å². The Hall–Kier alpha value is 1.05. The first-order chi connectivity index (χ1) is 1.73. The fourth-order valence-electron chi connectivity index (χ4n) is 0. The zero-order valence-electron chi connectivity index (χ0n) is 2.16. The van der Waals surface area contributed by atoms with Crippen LogP contribution in [0.4, 0.5) is 4.79 Å². The summed E-state index contributed by atoms with van der Waals surface area (Å²) in [6.07, 6.45) is -1.83. The molecule has 0 saturated carbocycles. The van der Waals surface area contributed by atoms with Gasteiger partial charge in [-0.15, -0.1) is 0 Å². The summed E-state index contributed by atoms with van der Waals surface area (Å²) < 4.78 is 0. The Morgan fingerprint density at radius 3 is 1.33 bits per heavy atom. The zero-order chi connectivity index (χ0) is 3.58. The molecule has 0 amide bonds. The molecule has 0 aliphatic carbocycles. The molecule has 0 aromatic carbocycles. The molecule has 0 aromatic rings. The molecule has 0 aromatic heterocycles. The summed E-state index contributed by atoms with van der Waals surface area (Å²) in [6.45, 7) is 0. The molecular formula is CH4CaFeO3. The van der Waals surface area contributed by atoms with Crippen LogP contribution >= 0.6 is 0 Å². The van der Waals surface area contributed by atoms with Gasteiger partial charge in [0.1, 0.15) is 0 Å². The quantitative estimate of drug-likeness (QED) is 0.461. The van der Waals surface area contributed by atoms with E-state index in [0.717, 1.165) is 0 Å². The van der Waals surface area contributed by atoms with E-state index in [-0.39, 0.29) is 54.8 Å². The maximum absolute atomic E-state index is 8.56. The van der Waals surface area contributed by atoms with Gasteiger partial charge in [-0.1, -0.05) is 0 Å². The van der Waals surface area contributed by atoms with E-state index in [4.69, 9.17) is 15.0 Å². The van der Waals surface area contributed by atoms with Gasteiger partial charge in [-0.05, 0) is 0 Å². The Labute approximate surface area is 75.2 Å². The van der Waals surface area contributed by atoms with Gasteiger partial charge < -0.3 is 10.2 Å². The van der Waals surface area contributed by atoms with E-state index in [2.05, 4.69) is 0 Å². The van der Waals surface area contributed by atoms with Crippen molar-refractivity contribution in [2.45, 2.75) is 0 Å². The van der Waals surface area contributed by atoms with Crippen molar-refractivity contribution in [1.82, 2.24) is 0 Å². The Morgan fingerprint density at radius 2 is 1.33 bits per heavy atom. The molecule has 0 unspecified atom stereocenters. The van der Waals surface area contributed by atoms with Crippen LogP contribution in [0.3, 0.4) is 0 Å². The predicted molar refractivity (Wildman–Crippen MR) is 19.2 cm³/mol. The van der Waals surface area contributed by atoms with Gasteiger partial charge in [-0.25, -0.2) is 4.79 Å². The second-order valence-electron chi connectivity index (χ2n) is 0.283. The number of hydrogen-bond donors (Lipinski definition) is 2. The van der Waals surface area contributed by atoms with Crippen molar-refractivity contribution in [2.75, 3.05) is 0 Å². The minimum atomic E-state index is -1.83. The summed E-state index contributed by atoms with van der Waals surface area (Å²) in [5.74, 6) is 0. The van der Waals surface area contributed by atoms with Crippen LogP contribution in [-0.2, 0) is 17.1 Å². The summed E-state index contributed by atoms with van der Waals surface area (Å²) in [4.78, 5) is 8.56. The maximum Gasteiger partial charge on any atom is 0 e. The molecule has 0 radical (unpaired) electrons. The van der Waals surface area contributed by atoms with Crippen molar-refractivity contribution in [3.63, 3.8) is 0 Å². The molecule has 6 heavy (non-hydrogen) atoms. The van der Waals surface area contributed by atoms with Gasteiger partial charge in [0.2, 0.25) is 0 Å². The minimum absolute atomic E-state index is 0. The van der Waals surface area contributed by atoms with E-state index in [1.54, 1.807) is 0 Å². The first-order valence-electron chi connectivity index (χ1n) is 0.651. The molecule has 0 fully saturated rings. The van der Waals surface area contributed by atoms with Gasteiger partial charge in [-0.2, -0.15) is 0 Å².